The lowest BCUT2D eigenvalue weighted by atomic mass is 10.2. The zero-order valence-electron chi connectivity index (χ0n) is 15.4. The lowest BCUT2D eigenvalue weighted by Gasteiger charge is -2.25. The first-order valence-electron chi connectivity index (χ1n) is 8.77. The van der Waals surface area contributed by atoms with E-state index in [0.29, 0.717) is 22.3 Å². The van der Waals surface area contributed by atoms with Gasteiger partial charge in [-0.1, -0.05) is 28.1 Å². The number of aromatic amines is 1. The lowest BCUT2D eigenvalue weighted by molar-refractivity contribution is -0.128. The first-order valence-corrected chi connectivity index (χ1v) is 9.56. The van der Waals surface area contributed by atoms with Gasteiger partial charge in [-0.25, -0.2) is 9.37 Å². The Labute approximate surface area is 170 Å². The predicted molar refractivity (Wildman–Crippen MR) is 111 cm³/mol. The number of aromatic nitrogens is 2. The number of para-hydroxylation sites is 1. The topological polar surface area (TPSA) is 66.1 Å². The van der Waals surface area contributed by atoms with Gasteiger partial charge in [-0.15, -0.1) is 0 Å². The van der Waals surface area contributed by atoms with Crippen molar-refractivity contribution >= 4 is 38.8 Å². The van der Waals surface area contributed by atoms with Gasteiger partial charge in [-0.3, -0.25) is 9.59 Å². The van der Waals surface area contributed by atoms with E-state index in [1.807, 2.05) is 13.8 Å². The van der Waals surface area contributed by atoms with E-state index in [0.717, 1.165) is 4.47 Å². The van der Waals surface area contributed by atoms with Crippen molar-refractivity contribution in [3.05, 3.63) is 80.6 Å². The highest BCUT2D eigenvalue weighted by atomic mass is 79.9. The van der Waals surface area contributed by atoms with Crippen LogP contribution < -0.4 is 5.56 Å². The molecule has 0 unspecified atom stereocenters. The smallest absolute Gasteiger partial charge is 0.258 e. The summed E-state index contributed by atoms with van der Waals surface area (Å²) in [5.74, 6) is -0.318. The van der Waals surface area contributed by atoms with Gasteiger partial charge in [-0.2, -0.15) is 0 Å². The van der Waals surface area contributed by atoms with Crippen molar-refractivity contribution in [2.24, 2.45) is 0 Å². The lowest BCUT2D eigenvalue weighted by Crippen LogP contribution is -2.36. The van der Waals surface area contributed by atoms with E-state index in [9.17, 15) is 14.0 Å². The van der Waals surface area contributed by atoms with Gasteiger partial charge in [0.1, 0.15) is 11.6 Å². The normalized spacial score (nSPS) is 11.5. The van der Waals surface area contributed by atoms with Crippen LogP contribution in [0.2, 0.25) is 0 Å². The van der Waals surface area contributed by atoms with Gasteiger partial charge in [0, 0.05) is 22.2 Å². The highest BCUT2D eigenvalue weighted by Gasteiger charge is 2.17. The first kappa shape index (κ1) is 19.9. The zero-order chi connectivity index (χ0) is 20.3. The van der Waals surface area contributed by atoms with Crippen LogP contribution in [0.4, 0.5) is 4.39 Å². The van der Waals surface area contributed by atoms with E-state index in [1.54, 1.807) is 41.3 Å². The van der Waals surface area contributed by atoms with Crippen LogP contribution in [0.25, 0.3) is 17.0 Å². The minimum atomic E-state index is -0.413. The molecule has 0 aliphatic rings. The molecule has 0 aliphatic heterocycles. The summed E-state index contributed by atoms with van der Waals surface area (Å²) in [5, 5.41) is 0.499. The number of benzene rings is 2. The van der Waals surface area contributed by atoms with Crippen LogP contribution in [0.1, 0.15) is 25.2 Å². The molecule has 1 amide bonds. The Morgan fingerprint density at radius 1 is 1.29 bits per heavy atom. The number of nitrogens with one attached hydrogen (secondary N) is 1. The average Bonchev–Trinajstić information content (AvgIpc) is 2.66. The van der Waals surface area contributed by atoms with Crippen LogP contribution in [-0.2, 0) is 11.3 Å². The highest BCUT2D eigenvalue weighted by molar-refractivity contribution is 9.10. The molecule has 1 heterocycles. The number of rotatable bonds is 5. The van der Waals surface area contributed by atoms with Gasteiger partial charge in [0.25, 0.3) is 5.56 Å². The van der Waals surface area contributed by atoms with Gasteiger partial charge in [0.2, 0.25) is 5.91 Å². The quantitative estimate of drug-likeness (QED) is 0.598. The predicted octanol–water partition coefficient (Wildman–Crippen LogP) is 4.28. The molecule has 0 saturated carbocycles. The Morgan fingerprint density at radius 3 is 2.79 bits per heavy atom. The molecule has 3 rings (SSSR count). The molecule has 5 nitrogen and oxygen atoms in total. The minimum absolute atomic E-state index is 0.138. The molecule has 2 aromatic carbocycles. The SMILES string of the molecule is CC(C)N(Cc1nc2ccccc2c(=O)[nH]1)C(=O)/C=C/c1cc(Br)ccc1F. The number of amides is 1. The fourth-order valence-electron chi connectivity index (χ4n) is 2.79. The summed E-state index contributed by atoms with van der Waals surface area (Å²) in [6.07, 6.45) is 2.76. The van der Waals surface area contributed by atoms with Crippen LogP contribution in [0.5, 0.6) is 0 Å². The maximum Gasteiger partial charge on any atom is 0.258 e. The van der Waals surface area contributed by atoms with Crippen LogP contribution in [0, 0.1) is 5.82 Å². The molecule has 0 saturated heterocycles. The number of hydrogen-bond acceptors (Lipinski definition) is 3. The number of nitrogens with zero attached hydrogens (tertiary/aromatic N) is 2. The Bertz CT molecular complexity index is 1110. The minimum Gasteiger partial charge on any atom is -0.329 e. The van der Waals surface area contributed by atoms with Crippen LogP contribution in [0.15, 0.2) is 57.8 Å². The summed E-state index contributed by atoms with van der Waals surface area (Å²) in [6, 6.07) is 11.4. The molecule has 1 aromatic heterocycles. The molecule has 0 radical (unpaired) electrons. The molecule has 3 aromatic rings. The van der Waals surface area contributed by atoms with Crippen LogP contribution in [-0.4, -0.2) is 26.8 Å². The standard InChI is InChI=1S/C21H19BrFN3O2/c1-13(2)26(20(27)10-7-14-11-15(22)8-9-17(14)23)12-19-24-18-6-4-3-5-16(18)21(28)25-19/h3-11,13H,12H2,1-2H3,(H,24,25,28)/b10-7+. The molecule has 0 atom stereocenters. The van der Waals surface area contributed by atoms with E-state index >= 15 is 0 Å². The maximum atomic E-state index is 13.9. The molecule has 0 bridgehead atoms. The molecule has 28 heavy (non-hydrogen) atoms. The molecule has 0 fully saturated rings. The number of carbonyl (C=O) groups excluding carboxylic acids is 1. The van der Waals surface area contributed by atoms with Crippen molar-refractivity contribution in [3.8, 4) is 0 Å². The summed E-state index contributed by atoms with van der Waals surface area (Å²) in [4.78, 5) is 33.7. The molecular formula is C21H19BrFN3O2. The molecule has 7 heteroatoms. The summed E-state index contributed by atoms with van der Waals surface area (Å²) in [6.45, 7) is 3.87. The Hall–Kier alpha value is -2.80. The van der Waals surface area contributed by atoms with E-state index in [2.05, 4.69) is 25.9 Å². The molecule has 0 spiro atoms. The first-order chi connectivity index (χ1) is 13.3. The van der Waals surface area contributed by atoms with Gasteiger partial charge >= 0.3 is 0 Å². The zero-order valence-corrected chi connectivity index (χ0v) is 17.0. The number of carbonyl (C=O) groups is 1. The third-order valence-electron chi connectivity index (χ3n) is 4.25. The van der Waals surface area contributed by atoms with Crippen molar-refractivity contribution in [1.82, 2.24) is 14.9 Å². The van der Waals surface area contributed by atoms with E-state index in [-0.39, 0.29) is 24.1 Å². The van der Waals surface area contributed by atoms with Gasteiger partial charge < -0.3 is 9.88 Å². The average molecular weight is 444 g/mol. The molecule has 0 aliphatic carbocycles. The van der Waals surface area contributed by atoms with Gasteiger partial charge in [-0.05, 0) is 50.3 Å². The summed E-state index contributed by atoms with van der Waals surface area (Å²) >= 11 is 3.29. The number of hydrogen-bond donors (Lipinski definition) is 1. The third kappa shape index (κ3) is 4.54. The van der Waals surface area contributed by atoms with Gasteiger partial charge in [0.15, 0.2) is 0 Å². The summed E-state index contributed by atoms with van der Waals surface area (Å²) in [5.41, 5.74) is 0.635. The second-order valence-corrected chi connectivity index (χ2v) is 7.50. The number of halogens is 2. The second kappa shape index (κ2) is 8.48. The molecule has 144 valence electrons. The van der Waals surface area contributed by atoms with Crippen LogP contribution >= 0.6 is 15.9 Å². The van der Waals surface area contributed by atoms with E-state index < -0.39 is 5.82 Å². The van der Waals surface area contributed by atoms with Gasteiger partial charge in [0.05, 0.1) is 17.4 Å². The Kier molecular flexibility index (Phi) is 6.04. The maximum absolute atomic E-state index is 13.9. The summed E-state index contributed by atoms with van der Waals surface area (Å²) in [7, 11) is 0. The Morgan fingerprint density at radius 2 is 2.04 bits per heavy atom. The molecule has 1 N–H and O–H groups in total. The van der Waals surface area contributed by atoms with Crippen molar-refractivity contribution in [1.29, 1.82) is 0 Å². The third-order valence-corrected chi connectivity index (χ3v) is 4.75. The Balaban J connectivity index is 1.85. The monoisotopic (exact) mass is 443 g/mol. The molecular weight excluding hydrogens is 425 g/mol. The fourth-order valence-corrected chi connectivity index (χ4v) is 3.16. The van der Waals surface area contributed by atoms with Crippen molar-refractivity contribution in [2.45, 2.75) is 26.4 Å². The van der Waals surface area contributed by atoms with Crippen LogP contribution in [0.3, 0.4) is 0 Å². The van der Waals surface area contributed by atoms with Crippen molar-refractivity contribution in [3.63, 3.8) is 0 Å². The van der Waals surface area contributed by atoms with Crippen molar-refractivity contribution in [2.75, 3.05) is 0 Å². The highest BCUT2D eigenvalue weighted by Crippen LogP contribution is 2.17. The summed E-state index contributed by atoms with van der Waals surface area (Å²) < 4.78 is 14.6. The van der Waals surface area contributed by atoms with Crippen molar-refractivity contribution < 1.29 is 9.18 Å². The number of fused-ring (bicyclic) bond motifs is 1. The largest absolute Gasteiger partial charge is 0.329 e. The second-order valence-electron chi connectivity index (χ2n) is 6.59. The fraction of sp³-hybridized carbons (Fsp3) is 0.190. The van der Waals surface area contributed by atoms with E-state index in [4.69, 9.17) is 0 Å². The number of H-pyrrole nitrogens is 1. The van der Waals surface area contributed by atoms with E-state index in [1.165, 1.54) is 18.2 Å².